The van der Waals surface area contributed by atoms with Crippen LogP contribution in [0.15, 0.2) is 29.6 Å². The van der Waals surface area contributed by atoms with Crippen LogP contribution in [0.3, 0.4) is 0 Å². The number of ether oxygens (including phenoxy) is 1. The molecule has 0 saturated carbocycles. The van der Waals surface area contributed by atoms with Gasteiger partial charge in [0.15, 0.2) is 5.13 Å². The van der Waals surface area contributed by atoms with Crippen molar-refractivity contribution >= 4 is 34.0 Å². The van der Waals surface area contributed by atoms with E-state index in [1.165, 1.54) is 18.4 Å². The number of thiazole rings is 1. The Morgan fingerprint density at radius 1 is 1.48 bits per heavy atom. The van der Waals surface area contributed by atoms with Crippen LogP contribution in [0.4, 0.5) is 5.13 Å². The third kappa shape index (κ3) is 3.74. The van der Waals surface area contributed by atoms with E-state index in [0.29, 0.717) is 11.6 Å². The lowest BCUT2D eigenvalue weighted by molar-refractivity contribution is -0.144. The molecule has 1 atom stereocenters. The summed E-state index contributed by atoms with van der Waals surface area (Å²) in [5.74, 6) is -0.419. The van der Waals surface area contributed by atoms with E-state index in [1.807, 2.05) is 48.5 Å². The van der Waals surface area contributed by atoms with Crippen LogP contribution in [0.2, 0.25) is 5.02 Å². The van der Waals surface area contributed by atoms with Gasteiger partial charge in [0, 0.05) is 29.6 Å². The molecule has 21 heavy (non-hydrogen) atoms. The van der Waals surface area contributed by atoms with E-state index in [0.717, 1.165) is 16.4 Å². The maximum absolute atomic E-state index is 11.5. The van der Waals surface area contributed by atoms with Crippen LogP contribution >= 0.6 is 22.9 Å². The molecule has 6 heteroatoms. The number of hydrogen-bond acceptors (Lipinski definition) is 5. The molecule has 0 fully saturated rings. The van der Waals surface area contributed by atoms with E-state index in [4.69, 9.17) is 16.3 Å². The highest BCUT2D eigenvalue weighted by Crippen LogP contribution is 2.31. The highest BCUT2D eigenvalue weighted by molar-refractivity contribution is 7.14. The fourth-order valence-corrected chi connectivity index (χ4v) is 3.03. The predicted octanol–water partition coefficient (Wildman–Crippen LogP) is 3.71. The second kappa shape index (κ2) is 6.91. The number of anilines is 1. The van der Waals surface area contributed by atoms with Gasteiger partial charge in [-0.2, -0.15) is 0 Å². The molecule has 1 unspecified atom stereocenters. The highest BCUT2D eigenvalue weighted by Gasteiger charge is 2.18. The topological polar surface area (TPSA) is 42.4 Å². The molecule has 2 rings (SSSR count). The van der Waals surface area contributed by atoms with Crippen molar-refractivity contribution in [1.29, 1.82) is 0 Å². The van der Waals surface area contributed by atoms with Crippen molar-refractivity contribution in [3.05, 3.63) is 34.7 Å². The van der Waals surface area contributed by atoms with E-state index in [2.05, 4.69) is 4.98 Å². The Morgan fingerprint density at radius 3 is 2.86 bits per heavy atom. The SMILES string of the molecule is COC(=O)C(C)CN(C)c1nc(-c2ccccc2Cl)cs1. The van der Waals surface area contributed by atoms with Gasteiger partial charge < -0.3 is 9.64 Å². The van der Waals surface area contributed by atoms with Gasteiger partial charge >= 0.3 is 5.97 Å². The number of esters is 1. The Hall–Kier alpha value is -1.59. The number of hydrogen-bond donors (Lipinski definition) is 0. The van der Waals surface area contributed by atoms with Gasteiger partial charge in [0.2, 0.25) is 0 Å². The fourth-order valence-electron chi connectivity index (χ4n) is 2.00. The molecular formula is C15H17ClN2O2S. The summed E-state index contributed by atoms with van der Waals surface area (Å²) in [6.07, 6.45) is 0. The Kier molecular flexibility index (Phi) is 5.20. The zero-order valence-electron chi connectivity index (χ0n) is 12.2. The van der Waals surface area contributed by atoms with Gasteiger partial charge in [-0.1, -0.05) is 36.7 Å². The summed E-state index contributed by atoms with van der Waals surface area (Å²) in [7, 11) is 3.31. The average Bonchev–Trinajstić information content (AvgIpc) is 2.96. The monoisotopic (exact) mass is 324 g/mol. The molecule has 0 aliphatic rings. The molecule has 0 bridgehead atoms. The van der Waals surface area contributed by atoms with E-state index in [1.54, 1.807) is 0 Å². The van der Waals surface area contributed by atoms with Gasteiger partial charge in [-0.3, -0.25) is 4.79 Å². The van der Waals surface area contributed by atoms with Crippen molar-refractivity contribution in [3.63, 3.8) is 0 Å². The normalized spacial score (nSPS) is 12.0. The first kappa shape index (κ1) is 15.8. The van der Waals surface area contributed by atoms with Crippen molar-refractivity contribution < 1.29 is 9.53 Å². The molecule has 0 aliphatic heterocycles. The maximum atomic E-state index is 11.5. The smallest absolute Gasteiger partial charge is 0.310 e. The molecule has 2 aromatic rings. The van der Waals surface area contributed by atoms with Crippen LogP contribution in [0.25, 0.3) is 11.3 Å². The average molecular weight is 325 g/mol. The molecule has 4 nitrogen and oxygen atoms in total. The summed E-state index contributed by atoms with van der Waals surface area (Å²) < 4.78 is 4.74. The van der Waals surface area contributed by atoms with E-state index in [-0.39, 0.29) is 11.9 Å². The number of methoxy groups -OCH3 is 1. The van der Waals surface area contributed by atoms with Crippen LogP contribution in [-0.4, -0.2) is 31.7 Å². The number of nitrogens with zero attached hydrogens (tertiary/aromatic N) is 2. The molecule has 112 valence electrons. The van der Waals surface area contributed by atoms with Gasteiger partial charge in [0.1, 0.15) is 0 Å². The van der Waals surface area contributed by atoms with Crippen molar-refractivity contribution in [2.45, 2.75) is 6.92 Å². The molecule has 0 aliphatic carbocycles. The molecule has 0 radical (unpaired) electrons. The van der Waals surface area contributed by atoms with E-state index >= 15 is 0 Å². The first-order chi connectivity index (χ1) is 10.0. The third-order valence-corrected chi connectivity index (χ3v) is 4.40. The fraction of sp³-hybridized carbons (Fsp3) is 0.333. The lowest BCUT2D eigenvalue weighted by Crippen LogP contribution is -2.29. The minimum atomic E-state index is -0.218. The number of halogens is 1. The zero-order chi connectivity index (χ0) is 15.4. The van der Waals surface area contributed by atoms with Gasteiger partial charge in [-0.05, 0) is 6.07 Å². The van der Waals surface area contributed by atoms with Crippen molar-refractivity contribution in [3.8, 4) is 11.3 Å². The summed E-state index contributed by atoms with van der Waals surface area (Å²) in [5, 5.41) is 3.50. The zero-order valence-corrected chi connectivity index (χ0v) is 13.7. The maximum Gasteiger partial charge on any atom is 0.310 e. The second-order valence-electron chi connectivity index (χ2n) is 4.80. The number of benzene rings is 1. The number of rotatable bonds is 5. The highest BCUT2D eigenvalue weighted by atomic mass is 35.5. The molecule has 0 saturated heterocycles. The summed E-state index contributed by atoms with van der Waals surface area (Å²) in [6.45, 7) is 2.40. The van der Waals surface area contributed by atoms with Crippen LogP contribution in [0.1, 0.15) is 6.92 Å². The summed E-state index contributed by atoms with van der Waals surface area (Å²) in [4.78, 5) is 18.0. The Bertz CT molecular complexity index is 630. The Labute approximate surface area is 133 Å². The molecule has 0 spiro atoms. The molecule has 1 heterocycles. The van der Waals surface area contributed by atoms with Crippen LogP contribution in [0.5, 0.6) is 0 Å². The number of aromatic nitrogens is 1. The second-order valence-corrected chi connectivity index (χ2v) is 6.04. The number of carbonyl (C=O) groups is 1. The quantitative estimate of drug-likeness (QED) is 0.786. The molecule has 1 aromatic carbocycles. The first-order valence-electron chi connectivity index (χ1n) is 6.52. The van der Waals surface area contributed by atoms with Gasteiger partial charge in [0.25, 0.3) is 0 Å². The lowest BCUT2D eigenvalue weighted by Gasteiger charge is -2.19. The molecule has 1 aromatic heterocycles. The van der Waals surface area contributed by atoms with Crippen LogP contribution in [-0.2, 0) is 9.53 Å². The van der Waals surface area contributed by atoms with Gasteiger partial charge in [0.05, 0.1) is 18.7 Å². The Morgan fingerprint density at radius 2 is 2.19 bits per heavy atom. The lowest BCUT2D eigenvalue weighted by atomic mass is 10.2. The Balaban J connectivity index is 2.13. The van der Waals surface area contributed by atoms with Crippen LogP contribution < -0.4 is 4.90 Å². The minimum Gasteiger partial charge on any atom is -0.469 e. The van der Waals surface area contributed by atoms with Gasteiger partial charge in [-0.25, -0.2) is 4.98 Å². The predicted molar refractivity (Wildman–Crippen MR) is 87.0 cm³/mol. The summed E-state index contributed by atoms with van der Waals surface area (Å²) >= 11 is 7.71. The first-order valence-corrected chi connectivity index (χ1v) is 7.78. The van der Waals surface area contributed by atoms with Crippen molar-refractivity contribution in [1.82, 2.24) is 4.98 Å². The van der Waals surface area contributed by atoms with Crippen LogP contribution in [0, 0.1) is 5.92 Å². The van der Waals surface area contributed by atoms with Crippen molar-refractivity contribution in [2.75, 3.05) is 25.6 Å². The van der Waals surface area contributed by atoms with Gasteiger partial charge in [-0.15, -0.1) is 11.3 Å². The summed E-state index contributed by atoms with van der Waals surface area (Å²) in [6, 6.07) is 7.61. The minimum absolute atomic E-state index is 0.201. The number of carbonyl (C=O) groups excluding carboxylic acids is 1. The van der Waals surface area contributed by atoms with E-state index < -0.39 is 0 Å². The summed E-state index contributed by atoms with van der Waals surface area (Å²) in [5.41, 5.74) is 1.76. The van der Waals surface area contributed by atoms with Crippen molar-refractivity contribution in [2.24, 2.45) is 5.92 Å². The molecule has 0 amide bonds. The largest absolute Gasteiger partial charge is 0.469 e. The standard InChI is InChI=1S/C15H17ClN2O2S/c1-10(14(19)20-3)8-18(2)15-17-13(9-21-15)11-6-4-5-7-12(11)16/h4-7,9-10H,8H2,1-3H3. The van der Waals surface area contributed by atoms with E-state index in [9.17, 15) is 4.79 Å². The molecule has 0 N–H and O–H groups in total. The molecular weight excluding hydrogens is 308 g/mol. The third-order valence-electron chi connectivity index (χ3n) is 3.12.